The van der Waals surface area contributed by atoms with Gasteiger partial charge in [0.05, 0.1) is 18.6 Å². The van der Waals surface area contributed by atoms with Crippen LogP contribution >= 0.6 is 0 Å². The number of amides is 2. The minimum Gasteiger partial charge on any atom is -0.497 e. The van der Waals surface area contributed by atoms with Gasteiger partial charge >= 0.3 is 0 Å². The summed E-state index contributed by atoms with van der Waals surface area (Å²) in [6.07, 6.45) is 3.40. The third-order valence-electron chi connectivity index (χ3n) is 6.60. The highest BCUT2D eigenvalue weighted by atomic mass is 16.6. The zero-order valence-electron chi connectivity index (χ0n) is 22.5. The van der Waals surface area contributed by atoms with Crippen molar-refractivity contribution in [2.75, 3.05) is 20.2 Å². The molecule has 0 spiro atoms. The molecule has 0 saturated carbocycles. The normalized spacial score (nSPS) is 11.6. The quantitative estimate of drug-likeness (QED) is 0.230. The van der Waals surface area contributed by atoms with E-state index in [9.17, 15) is 19.7 Å². The number of nitro groups is 1. The fraction of sp³-hybridized carbons (Fsp3) is 0.379. The summed E-state index contributed by atoms with van der Waals surface area (Å²) in [5.41, 5.74) is 2.10. The summed E-state index contributed by atoms with van der Waals surface area (Å²) >= 11 is 0. The average molecular weight is 521 g/mol. The Hall–Kier alpha value is -4.14. The van der Waals surface area contributed by atoms with Crippen molar-refractivity contribution < 1.29 is 19.2 Å². The van der Waals surface area contributed by atoms with E-state index in [4.69, 9.17) is 4.74 Å². The fourth-order valence-electron chi connectivity index (χ4n) is 4.31. The third kappa shape index (κ3) is 7.21. The molecular weight excluding hydrogens is 484 g/mol. The van der Waals surface area contributed by atoms with E-state index < -0.39 is 10.8 Å². The highest BCUT2D eigenvalue weighted by Gasteiger charge is 2.26. The number of ether oxygens (including phenoxy) is 1. The third-order valence-corrected chi connectivity index (χ3v) is 6.60. The summed E-state index contributed by atoms with van der Waals surface area (Å²) in [6.45, 7) is 7.25. The molecular formula is C29H36N4O5. The van der Waals surface area contributed by atoms with Crippen molar-refractivity contribution in [3.8, 4) is 5.75 Å². The number of rotatable bonds is 13. The first-order chi connectivity index (χ1) is 18.3. The second-order valence-electron chi connectivity index (χ2n) is 9.29. The Morgan fingerprint density at radius 2 is 1.84 bits per heavy atom. The van der Waals surface area contributed by atoms with Crippen molar-refractivity contribution in [3.05, 3.63) is 93.8 Å². The van der Waals surface area contributed by atoms with Crippen molar-refractivity contribution in [1.82, 2.24) is 14.4 Å². The van der Waals surface area contributed by atoms with E-state index in [1.807, 2.05) is 63.4 Å². The first-order valence-electron chi connectivity index (χ1n) is 12.9. The smallest absolute Gasteiger partial charge is 0.270 e. The van der Waals surface area contributed by atoms with E-state index in [0.717, 1.165) is 23.4 Å². The molecule has 1 aromatic heterocycles. The van der Waals surface area contributed by atoms with Crippen LogP contribution in [0.4, 0.5) is 5.69 Å². The van der Waals surface area contributed by atoms with E-state index in [0.29, 0.717) is 26.1 Å². The predicted octanol–water partition coefficient (Wildman–Crippen LogP) is 5.13. The molecule has 0 aliphatic carbocycles. The predicted molar refractivity (Wildman–Crippen MR) is 146 cm³/mol. The molecule has 202 valence electrons. The zero-order chi connectivity index (χ0) is 27.7. The van der Waals surface area contributed by atoms with Gasteiger partial charge in [0.2, 0.25) is 5.91 Å². The van der Waals surface area contributed by atoms with Crippen LogP contribution in [0, 0.1) is 10.1 Å². The maximum atomic E-state index is 13.6. The van der Waals surface area contributed by atoms with Crippen molar-refractivity contribution in [2.45, 2.75) is 52.7 Å². The minimum atomic E-state index is -0.530. The van der Waals surface area contributed by atoms with E-state index in [1.54, 1.807) is 18.1 Å². The van der Waals surface area contributed by atoms with Crippen LogP contribution in [-0.4, -0.2) is 57.3 Å². The topological polar surface area (TPSA) is 97.9 Å². The number of hydrogen-bond donors (Lipinski definition) is 0. The molecule has 3 aromatic rings. The molecule has 38 heavy (non-hydrogen) atoms. The van der Waals surface area contributed by atoms with Crippen molar-refractivity contribution in [2.24, 2.45) is 0 Å². The molecule has 0 radical (unpaired) electrons. The van der Waals surface area contributed by atoms with Gasteiger partial charge in [0, 0.05) is 48.7 Å². The fourth-order valence-corrected chi connectivity index (χ4v) is 4.31. The zero-order valence-corrected chi connectivity index (χ0v) is 22.5. The summed E-state index contributed by atoms with van der Waals surface area (Å²) in [4.78, 5) is 40.8. The number of carbonyl (C=O) groups is 2. The molecule has 0 aliphatic heterocycles. The summed E-state index contributed by atoms with van der Waals surface area (Å²) in [7, 11) is 1.64. The number of carbonyl (C=O) groups excluding carboxylic acids is 2. The van der Waals surface area contributed by atoms with Gasteiger partial charge in [0.25, 0.3) is 11.6 Å². The molecule has 0 fully saturated rings. The number of benzene rings is 2. The lowest BCUT2D eigenvalue weighted by Gasteiger charge is -2.32. The first kappa shape index (κ1) is 28.4. The lowest BCUT2D eigenvalue weighted by Crippen LogP contribution is -2.46. The molecule has 1 heterocycles. The first-order valence-corrected chi connectivity index (χ1v) is 12.9. The summed E-state index contributed by atoms with van der Waals surface area (Å²) < 4.78 is 7.45. The number of non-ortho nitro benzene ring substituents is 1. The molecule has 2 aromatic carbocycles. The van der Waals surface area contributed by atoms with E-state index in [-0.39, 0.29) is 29.7 Å². The summed E-state index contributed by atoms with van der Waals surface area (Å²) in [5.74, 6) is 0.229. The van der Waals surface area contributed by atoms with E-state index in [2.05, 4.69) is 4.57 Å². The molecule has 2 amide bonds. The Balaban J connectivity index is 1.80. The Morgan fingerprint density at radius 1 is 1.08 bits per heavy atom. The van der Waals surface area contributed by atoms with Crippen LogP contribution in [0.5, 0.6) is 5.75 Å². The van der Waals surface area contributed by atoms with Crippen LogP contribution < -0.4 is 4.74 Å². The Bertz CT molecular complexity index is 1260. The SMILES string of the molecule is CCCN(CC(=O)N(Cc1cccn1Cc1cccc(OC)c1)C(C)CC)C(=O)c1cccc([N+](=O)[O-])c1. The average Bonchev–Trinajstić information content (AvgIpc) is 3.36. The van der Waals surface area contributed by atoms with Gasteiger partial charge in [-0.3, -0.25) is 19.7 Å². The van der Waals surface area contributed by atoms with Gasteiger partial charge < -0.3 is 19.1 Å². The Morgan fingerprint density at radius 3 is 2.53 bits per heavy atom. The Kier molecular flexibility index (Phi) is 10.0. The highest BCUT2D eigenvalue weighted by molar-refractivity contribution is 5.97. The van der Waals surface area contributed by atoms with E-state index in [1.165, 1.54) is 23.1 Å². The molecule has 0 saturated heterocycles. The number of hydrogen-bond acceptors (Lipinski definition) is 5. The monoisotopic (exact) mass is 520 g/mol. The molecule has 0 N–H and O–H groups in total. The number of methoxy groups -OCH3 is 1. The number of nitrogens with zero attached hydrogens (tertiary/aromatic N) is 4. The maximum absolute atomic E-state index is 13.6. The second-order valence-corrected chi connectivity index (χ2v) is 9.29. The summed E-state index contributed by atoms with van der Waals surface area (Å²) in [6, 6.07) is 17.4. The van der Waals surface area contributed by atoms with Gasteiger partial charge in [-0.15, -0.1) is 0 Å². The van der Waals surface area contributed by atoms with Crippen molar-refractivity contribution >= 4 is 17.5 Å². The van der Waals surface area contributed by atoms with Gasteiger partial charge in [-0.1, -0.05) is 32.0 Å². The minimum absolute atomic E-state index is 0.0425. The second kappa shape index (κ2) is 13.4. The highest BCUT2D eigenvalue weighted by Crippen LogP contribution is 2.19. The van der Waals surface area contributed by atoms with Crippen LogP contribution in [0.3, 0.4) is 0 Å². The lowest BCUT2D eigenvalue weighted by atomic mass is 10.1. The maximum Gasteiger partial charge on any atom is 0.270 e. The molecule has 9 nitrogen and oxygen atoms in total. The van der Waals surface area contributed by atoms with Crippen LogP contribution in [-0.2, 0) is 17.9 Å². The van der Waals surface area contributed by atoms with Gasteiger partial charge in [-0.2, -0.15) is 0 Å². The van der Waals surface area contributed by atoms with Crippen LogP contribution in [0.2, 0.25) is 0 Å². The molecule has 1 unspecified atom stereocenters. The Labute approximate surface area is 223 Å². The number of nitro benzene ring substituents is 1. The largest absolute Gasteiger partial charge is 0.497 e. The molecule has 9 heteroatoms. The van der Waals surface area contributed by atoms with Crippen molar-refractivity contribution in [1.29, 1.82) is 0 Å². The molecule has 0 aliphatic rings. The molecule has 1 atom stereocenters. The molecule has 3 rings (SSSR count). The summed E-state index contributed by atoms with van der Waals surface area (Å²) in [5, 5.41) is 11.2. The standard InChI is InChI=1S/C29H36N4O5/c1-5-15-31(29(35)24-11-8-12-25(18-24)33(36)37)21-28(34)32(22(3)6-2)20-26-13-9-16-30(26)19-23-10-7-14-27(17-23)38-4/h7-14,16-18,22H,5-6,15,19-21H2,1-4H3. The van der Waals surface area contributed by atoms with Gasteiger partial charge in [0.15, 0.2) is 0 Å². The van der Waals surface area contributed by atoms with E-state index >= 15 is 0 Å². The molecule has 0 bridgehead atoms. The lowest BCUT2D eigenvalue weighted by molar-refractivity contribution is -0.384. The van der Waals surface area contributed by atoms with Crippen LogP contribution in [0.1, 0.15) is 55.2 Å². The van der Waals surface area contributed by atoms with Gasteiger partial charge in [0.1, 0.15) is 12.3 Å². The van der Waals surface area contributed by atoms with Gasteiger partial charge in [-0.25, -0.2) is 0 Å². The number of aromatic nitrogens is 1. The van der Waals surface area contributed by atoms with Crippen molar-refractivity contribution in [3.63, 3.8) is 0 Å². The van der Waals surface area contributed by atoms with Gasteiger partial charge in [-0.05, 0) is 55.7 Å². The van der Waals surface area contributed by atoms with Crippen LogP contribution in [0.25, 0.3) is 0 Å². The van der Waals surface area contributed by atoms with Crippen LogP contribution in [0.15, 0.2) is 66.9 Å².